The Morgan fingerprint density at radius 2 is 1.72 bits per heavy atom. The predicted octanol–water partition coefficient (Wildman–Crippen LogP) is 3.22. The highest BCUT2D eigenvalue weighted by atomic mass is 19.2. The van der Waals surface area contributed by atoms with E-state index in [1.807, 2.05) is 0 Å². The van der Waals surface area contributed by atoms with Gasteiger partial charge in [0.2, 0.25) is 5.89 Å². The third kappa shape index (κ3) is 3.35. The van der Waals surface area contributed by atoms with E-state index in [9.17, 15) is 22.4 Å². The number of nitrogens with zero attached hydrogens (tertiary/aromatic N) is 2. The molecule has 0 saturated heterocycles. The van der Waals surface area contributed by atoms with Crippen LogP contribution in [0.1, 0.15) is 16.2 Å². The van der Waals surface area contributed by atoms with Crippen LogP contribution in [0.15, 0.2) is 40.8 Å². The summed E-state index contributed by atoms with van der Waals surface area (Å²) in [6.07, 6.45) is 0. The minimum Gasteiger partial charge on any atom is -0.419 e. The Morgan fingerprint density at radius 1 is 0.960 bits per heavy atom. The molecular weight excluding hydrogens is 342 g/mol. The number of carbonyl (C=O) groups is 1. The first-order chi connectivity index (χ1) is 12.0. The predicted molar refractivity (Wildman–Crippen MR) is 77.2 cm³/mol. The number of hydrogen-bond donors (Lipinski definition) is 1. The highest BCUT2D eigenvalue weighted by Crippen LogP contribution is 2.21. The molecule has 1 amide bonds. The van der Waals surface area contributed by atoms with Crippen LogP contribution in [0.2, 0.25) is 0 Å². The van der Waals surface area contributed by atoms with E-state index in [0.29, 0.717) is 6.07 Å². The molecule has 3 aromatic rings. The Labute approximate surface area is 138 Å². The molecule has 0 spiro atoms. The average Bonchev–Trinajstić information content (AvgIpc) is 3.07. The second kappa shape index (κ2) is 6.71. The third-order valence-electron chi connectivity index (χ3n) is 3.25. The Kier molecular flexibility index (Phi) is 4.46. The van der Waals surface area contributed by atoms with E-state index >= 15 is 0 Å². The molecule has 0 bridgehead atoms. The van der Waals surface area contributed by atoms with E-state index in [1.54, 1.807) is 6.07 Å². The van der Waals surface area contributed by atoms with Crippen LogP contribution in [0.3, 0.4) is 0 Å². The summed E-state index contributed by atoms with van der Waals surface area (Å²) in [5, 5.41) is 9.50. The zero-order chi connectivity index (χ0) is 18.0. The molecule has 9 heteroatoms. The van der Waals surface area contributed by atoms with Gasteiger partial charge in [-0.2, -0.15) is 0 Å². The maximum absolute atomic E-state index is 13.6. The number of halogens is 4. The van der Waals surface area contributed by atoms with Gasteiger partial charge in [0.15, 0.2) is 17.5 Å². The standard InChI is InChI=1S/C16H9F4N3O2/c17-10-4-2-1-3-8(10)16-23-22-12(25-16)7-21-15(24)9-5-6-11(18)14(20)13(9)19/h1-6H,7H2,(H,21,24). The summed E-state index contributed by atoms with van der Waals surface area (Å²) in [6, 6.07) is 7.16. The van der Waals surface area contributed by atoms with Crippen molar-refractivity contribution in [2.24, 2.45) is 0 Å². The molecule has 1 heterocycles. The topological polar surface area (TPSA) is 68.0 Å². The maximum Gasteiger partial charge on any atom is 0.254 e. The van der Waals surface area contributed by atoms with Crippen molar-refractivity contribution in [1.82, 2.24) is 15.5 Å². The quantitative estimate of drug-likeness (QED) is 0.579. The molecule has 3 rings (SSSR count). The van der Waals surface area contributed by atoms with Gasteiger partial charge in [-0.15, -0.1) is 10.2 Å². The largest absolute Gasteiger partial charge is 0.419 e. The second-order valence-corrected chi connectivity index (χ2v) is 4.89. The Morgan fingerprint density at radius 3 is 2.48 bits per heavy atom. The highest BCUT2D eigenvalue weighted by molar-refractivity contribution is 5.94. The Hall–Kier alpha value is -3.23. The fourth-order valence-corrected chi connectivity index (χ4v) is 2.02. The first-order valence-electron chi connectivity index (χ1n) is 6.96. The number of amides is 1. The van der Waals surface area contributed by atoms with E-state index < -0.39 is 34.7 Å². The molecule has 0 fully saturated rings. The summed E-state index contributed by atoms with van der Waals surface area (Å²) in [5.41, 5.74) is -0.591. The molecule has 0 aliphatic carbocycles. The highest BCUT2D eigenvalue weighted by Gasteiger charge is 2.19. The number of aromatic nitrogens is 2. The monoisotopic (exact) mass is 351 g/mol. The van der Waals surface area contributed by atoms with Crippen LogP contribution in [0.4, 0.5) is 17.6 Å². The summed E-state index contributed by atoms with van der Waals surface area (Å²) >= 11 is 0. The van der Waals surface area contributed by atoms with Gasteiger partial charge in [0.25, 0.3) is 11.8 Å². The van der Waals surface area contributed by atoms with Crippen LogP contribution >= 0.6 is 0 Å². The van der Waals surface area contributed by atoms with Gasteiger partial charge in [-0.25, -0.2) is 17.6 Å². The molecule has 1 N–H and O–H groups in total. The zero-order valence-corrected chi connectivity index (χ0v) is 12.4. The van der Waals surface area contributed by atoms with E-state index in [-0.39, 0.29) is 23.9 Å². The summed E-state index contributed by atoms with van der Waals surface area (Å²) < 4.78 is 58.4. The SMILES string of the molecule is O=C(NCc1nnc(-c2ccccc2F)o1)c1ccc(F)c(F)c1F. The van der Waals surface area contributed by atoms with Crippen LogP contribution in [-0.2, 0) is 6.54 Å². The van der Waals surface area contributed by atoms with Gasteiger partial charge in [0.1, 0.15) is 5.82 Å². The van der Waals surface area contributed by atoms with Gasteiger partial charge < -0.3 is 9.73 Å². The lowest BCUT2D eigenvalue weighted by molar-refractivity contribution is 0.0942. The zero-order valence-electron chi connectivity index (χ0n) is 12.4. The minimum absolute atomic E-state index is 0.0744. The molecule has 25 heavy (non-hydrogen) atoms. The first-order valence-corrected chi connectivity index (χ1v) is 6.96. The van der Waals surface area contributed by atoms with E-state index in [0.717, 1.165) is 6.07 Å². The third-order valence-corrected chi connectivity index (χ3v) is 3.25. The summed E-state index contributed by atoms with van der Waals surface area (Å²) in [6.45, 7) is -0.307. The summed E-state index contributed by atoms with van der Waals surface area (Å²) in [4.78, 5) is 11.8. The van der Waals surface area contributed by atoms with Crippen molar-refractivity contribution in [3.05, 3.63) is 71.1 Å². The molecule has 0 unspecified atom stereocenters. The van der Waals surface area contributed by atoms with Gasteiger partial charge in [-0.1, -0.05) is 12.1 Å². The number of rotatable bonds is 4. The van der Waals surface area contributed by atoms with Crippen molar-refractivity contribution in [2.75, 3.05) is 0 Å². The molecule has 0 radical (unpaired) electrons. The maximum atomic E-state index is 13.6. The van der Waals surface area contributed by atoms with Gasteiger partial charge in [-0.3, -0.25) is 4.79 Å². The molecule has 2 aromatic carbocycles. The van der Waals surface area contributed by atoms with Gasteiger partial charge in [-0.05, 0) is 24.3 Å². The van der Waals surface area contributed by atoms with Crippen molar-refractivity contribution in [2.45, 2.75) is 6.54 Å². The van der Waals surface area contributed by atoms with E-state index in [2.05, 4.69) is 15.5 Å². The van der Waals surface area contributed by atoms with Gasteiger partial charge in [0.05, 0.1) is 17.7 Å². The molecule has 1 aromatic heterocycles. The van der Waals surface area contributed by atoms with E-state index in [4.69, 9.17) is 4.42 Å². The lowest BCUT2D eigenvalue weighted by atomic mass is 10.2. The van der Waals surface area contributed by atoms with Crippen LogP contribution in [0.5, 0.6) is 0 Å². The second-order valence-electron chi connectivity index (χ2n) is 4.89. The van der Waals surface area contributed by atoms with Crippen LogP contribution in [0, 0.1) is 23.3 Å². The average molecular weight is 351 g/mol. The number of carbonyl (C=O) groups excluding carboxylic acids is 1. The van der Waals surface area contributed by atoms with Crippen molar-refractivity contribution in [3.8, 4) is 11.5 Å². The molecule has 5 nitrogen and oxygen atoms in total. The van der Waals surface area contributed by atoms with Crippen molar-refractivity contribution in [1.29, 1.82) is 0 Å². The number of benzene rings is 2. The number of nitrogens with one attached hydrogen (secondary N) is 1. The molecule has 0 atom stereocenters. The lowest BCUT2D eigenvalue weighted by Crippen LogP contribution is -2.24. The van der Waals surface area contributed by atoms with Crippen LogP contribution < -0.4 is 5.32 Å². The smallest absolute Gasteiger partial charge is 0.254 e. The van der Waals surface area contributed by atoms with Crippen LogP contribution in [0.25, 0.3) is 11.5 Å². The van der Waals surface area contributed by atoms with Crippen molar-refractivity contribution in [3.63, 3.8) is 0 Å². The van der Waals surface area contributed by atoms with E-state index in [1.165, 1.54) is 18.2 Å². The van der Waals surface area contributed by atoms with Gasteiger partial charge >= 0.3 is 0 Å². The normalized spacial score (nSPS) is 10.7. The Balaban J connectivity index is 1.72. The fourth-order valence-electron chi connectivity index (χ4n) is 2.02. The number of hydrogen-bond acceptors (Lipinski definition) is 4. The summed E-state index contributed by atoms with van der Waals surface area (Å²) in [5.74, 6) is -6.48. The van der Waals surface area contributed by atoms with Gasteiger partial charge in [0, 0.05) is 0 Å². The van der Waals surface area contributed by atoms with Crippen molar-refractivity contribution >= 4 is 5.91 Å². The Bertz CT molecular complexity index is 943. The van der Waals surface area contributed by atoms with Crippen LogP contribution in [-0.4, -0.2) is 16.1 Å². The lowest BCUT2D eigenvalue weighted by Gasteiger charge is -2.05. The van der Waals surface area contributed by atoms with Crippen molar-refractivity contribution < 1.29 is 26.8 Å². The first kappa shape index (κ1) is 16.6. The summed E-state index contributed by atoms with van der Waals surface area (Å²) in [7, 11) is 0. The molecule has 0 aliphatic rings. The molecule has 0 aliphatic heterocycles. The molecular formula is C16H9F4N3O2. The minimum atomic E-state index is -1.74. The molecule has 128 valence electrons. The fraction of sp³-hybridized carbons (Fsp3) is 0.0625. The molecule has 0 saturated carbocycles.